The lowest BCUT2D eigenvalue weighted by atomic mass is 10.1. The third-order valence-corrected chi connectivity index (χ3v) is 3.07. The molecule has 0 unspecified atom stereocenters. The van der Waals surface area contributed by atoms with E-state index in [2.05, 4.69) is 22.2 Å². The van der Waals surface area contributed by atoms with Gasteiger partial charge < -0.3 is 15.3 Å². The van der Waals surface area contributed by atoms with Crippen LogP contribution in [0.5, 0.6) is 0 Å². The summed E-state index contributed by atoms with van der Waals surface area (Å²) in [7, 11) is 0. The van der Waals surface area contributed by atoms with E-state index in [1.54, 1.807) is 0 Å². The van der Waals surface area contributed by atoms with Gasteiger partial charge in [0, 0.05) is 13.0 Å². The predicted molar refractivity (Wildman–Crippen MR) is 75.2 cm³/mol. The van der Waals surface area contributed by atoms with Crippen LogP contribution < -0.4 is 11.0 Å². The molecule has 0 aliphatic rings. The second-order valence-corrected chi connectivity index (χ2v) is 4.66. The van der Waals surface area contributed by atoms with E-state index in [0.29, 0.717) is 13.0 Å². The fourth-order valence-electron chi connectivity index (χ4n) is 2.01. The van der Waals surface area contributed by atoms with Gasteiger partial charge in [-0.3, -0.25) is 4.79 Å². The molecule has 1 amide bonds. The Balaban J connectivity index is 1.87. The maximum Gasteiger partial charge on any atom is 0.323 e. The number of H-pyrrole nitrogens is 2. The number of rotatable bonds is 6. The van der Waals surface area contributed by atoms with Gasteiger partial charge in [0.2, 0.25) is 5.91 Å². The molecule has 0 aliphatic heterocycles. The van der Waals surface area contributed by atoms with Crippen LogP contribution in [0.1, 0.15) is 31.7 Å². The van der Waals surface area contributed by atoms with Crippen molar-refractivity contribution in [3.63, 3.8) is 0 Å². The quantitative estimate of drug-likeness (QED) is 0.740. The molecular weight excluding hydrogens is 242 g/mol. The standard InChI is InChI=1S/C14H19N3O2/c1-2-3-4-13(18)15-8-7-10-5-6-11-12(9-10)17-14(19)16-11/h5-6,9H,2-4,7-8H2,1H3,(H,15,18)(H2,16,17,19). The first-order valence-electron chi connectivity index (χ1n) is 6.66. The average molecular weight is 261 g/mol. The van der Waals surface area contributed by atoms with Crippen molar-refractivity contribution in [3.8, 4) is 0 Å². The average Bonchev–Trinajstić information content (AvgIpc) is 2.75. The van der Waals surface area contributed by atoms with E-state index < -0.39 is 0 Å². The van der Waals surface area contributed by atoms with Gasteiger partial charge in [0.15, 0.2) is 0 Å². The molecule has 1 aromatic heterocycles. The van der Waals surface area contributed by atoms with Gasteiger partial charge in [-0.1, -0.05) is 19.4 Å². The van der Waals surface area contributed by atoms with Gasteiger partial charge in [-0.05, 0) is 30.5 Å². The zero-order valence-corrected chi connectivity index (χ0v) is 11.1. The predicted octanol–water partition coefficient (Wildman–Crippen LogP) is 1.71. The van der Waals surface area contributed by atoms with Gasteiger partial charge in [-0.15, -0.1) is 0 Å². The molecule has 0 spiro atoms. The minimum absolute atomic E-state index is 0.109. The van der Waals surface area contributed by atoms with Crippen LogP contribution in [0.4, 0.5) is 0 Å². The van der Waals surface area contributed by atoms with Crippen LogP contribution in [0.3, 0.4) is 0 Å². The molecule has 0 saturated heterocycles. The number of carbonyl (C=O) groups excluding carboxylic acids is 1. The molecule has 0 radical (unpaired) electrons. The Morgan fingerprint density at radius 3 is 2.84 bits per heavy atom. The van der Waals surface area contributed by atoms with Gasteiger partial charge in [-0.2, -0.15) is 0 Å². The van der Waals surface area contributed by atoms with E-state index in [-0.39, 0.29) is 11.6 Å². The van der Waals surface area contributed by atoms with Gasteiger partial charge in [0.25, 0.3) is 0 Å². The summed E-state index contributed by atoms with van der Waals surface area (Å²) in [4.78, 5) is 28.0. The first kappa shape index (κ1) is 13.4. The summed E-state index contributed by atoms with van der Waals surface area (Å²) in [6, 6.07) is 5.78. The second kappa shape index (κ2) is 6.22. The van der Waals surface area contributed by atoms with Crippen LogP contribution in [0.15, 0.2) is 23.0 Å². The molecule has 5 heteroatoms. The number of nitrogens with one attached hydrogen (secondary N) is 3. The number of benzene rings is 1. The zero-order chi connectivity index (χ0) is 13.7. The molecule has 0 aliphatic carbocycles. The van der Waals surface area contributed by atoms with Crippen molar-refractivity contribution < 1.29 is 4.79 Å². The topological polar surface area (TPSA) is 77.8 Å². The summed E-state index contributed by atoms with van der Waals surface area (Å²) in [6.45, 7) is 2.70. The van der Waals surface area contributed by atoms with Crippen LogP contribution in [0.2, 0.25) is 0 Å². The number of carbonyl (C=O) groups is 1. The fraction of sp³-hybridized carbons (Fsp3) is 0.429. The molecule has 2 rings (SSSR count). The van der Waals surface area contributed by atoms with E-state index in [0.717, 1.165) is 35.9 Å². The highest BCUT2D eigenvalue weighted by molar-refractivity contribution is 5.76. The maximum atomic E-state index is 11.4. The molecule has 5 nitrogen and oxygen atoms in total. The Bertz CT molecular complexity index is 612. The van der Waals surface area contributed by atoms with Crippen molar-refractivity contribution in [2.75, 3.05) is 6.54 Å². The lowest BCUT2D eigenvalue weighted by Gasteiger charge is -2.05. The summed E-state index contributed by atoms with van der Waals surface area (Å²) < 4.78 is 0. The highest BCUT2D eigenvalue weighted by atomic mass is 16.1. The molecule has 19 heavy (non-hydrogen) atoms. The lowest BCUT2D eigenvalue weighted by molar-refractivity contribution is -0.121. The highest BCUT2D eigenvalue weighted by Crippen LogP contribution is 2.10. The number of unbranched alkanes of at least 4 members (excludes halogenated alkanes) is 1. The minimum Gasteiger partial charge on any atom is -0.356 e. The summed E-state index contributed by atoms with van der Waals surface area (Å²) in [5.74, 6) is 0.109. The molecule has 2 aromatic rings. The molecule has 1 aromatic carbocycles. The third-order valence-electron chi connectivity index (χ3n) is 3.07. The number of hydrogen-bond donors (Lipinski definition) is 3. The van der Waals surface area contributed by atoms with Gasteiger partial charge >= 0.3 is 5.69 Å². The number of hydrogen-bond acceptors (Lipinski definition) is 2. The van der Waals surface area contributed by atoms with Gasteiger partial charge in [0.1, 0.15) is 0 Å². The van der Waals surface area contributed by atoms with Crippen LogP contribution in [0, 0.1) is 0 Å². The molecule has 3 N–H and O–H groups in total. The van der Waals surface area contributed by atoms with Crippen LogP contribution in [-0.2, 0) is 11.2 Å². The Hall–Kier alpha value is -2.04. The summed E-state index contributed by atoms with van der Waals surface area (Å²) in [6.07, 6.45) is 3.33. The summed E-state index contributed by atoms with van der Waals surface area (Å²) in [5.41, 5.74) is 2.51. The Kier molecular flexibility index (Phi) is 4.39. The molecule has 0 fully saturated rings. The van der Waals surface area contributed by atoms with Crippen molar-refractivity contribution >= 4 is 16.9 Å². The van der Waals surface area contributed by atoms with E-state index in [1.807, 2.05) is 18.2 Å². The van der Waals surface area contributed by atoms with Crippen molar-refractivity contribution in [3.05, 3.63) is 34.2 Å². The summed E-state index contributed by atoms with van der Waals surface area (Å²) in [5, 5.41) is 2.90. The van der Waals surface area contributed by atoms with Crippen LogP contribution in [0.25, 0.3) is 11.0 Å². The van der Waals surface area contributed by atoms with Gasteiger partial charge in [-0.25, -0.2) is 4.79 Å². The third kappa shape index (κ3) is 3.71. The molecule has 1 heterocycles. The van der Waals surface area contributed by atoms with E-state index in [4.69, 9.17) is 0 Å². The van der Waals surface area contributed by atoms with E-state index >= 15 is 0 Å². The van der Waals surface area contributed by atoms with Crippen LogP contribution >= 0.6 is 0 Å². The zero-order valence-electron chi connectivity index (χ0n) is 11.1. The fourth-order valence-corrected chi connectivity index (χ4v) is 2.01. The number of fused-ring (bicyclic) bond motifs is 1. The minimum atomic E-state index is -0.194. The Labute approximate surface area is 111 Å². The van der Waals surface area contributed by atoms with Crippen molar-refractivity contribution in [1.29, 1.82) is 0 Å². The van der Waals surface area contributed by atoms with Crippen molar-refractivity contribution in [2.45, 2.75) is 32.6 Å². The first-order valence-corrected chi connectivity index (χ1v) is 6.66. The SMILES string of the molecule is CCCCC(=O)NCCc1ccc2[nH]c(=O)[nH]c2c1. The molecule has 102 valence electrons. The molecule has 0 atom stereocenters. The monoisotopic (exact) mass is 261 g/mol. The second-order valence-electron chi connectivity index (χ2n) is 4.66. The van der Waals surface area contributed by atoms with Crippen molar-refractivity contribution in [1.82, 2.24) is 15.3 Å². The molecule has 0 saturated carbocycles. The van der Waals surface area contributed by atoms with Gasteiger partial charge in [0.05, 0.1) is 11.0 Å². The van der Waals surface area contributed by atoms with E-state index in [1.165, 1.54) is 0 Å². The first-order chi connectivity index (χ1) is 9.19. The molecule has 0 bridgehead atoms. The largest absolute Gasteiger partial charge is 0.356 e. The molecular formula is C14H19N3O2. The number of aromatic amines is 2. The number of amides is 1. The normalized spacial score (nSPS) is 10.8. The number of imidazole rings is 1. The Morgan fingerprint density at radius 2 is 2.05 bits per heavy atom. The smallest absolute Gasteiger partial charge is 0.323 e. The lowest BCUT2D eigenvalue weighted by Crippen LogP contribution is -2.25. The number of aromatic nitrogens is 2. The highest BCUT2D eigenvalue weighted by Gasteiger charge is 2.02. The summed E-state index contributed by atoms with van der Waals surface area (Å²) >= 11 is 0. The van der Waals surface area contributed by atoms with Crippen molar-refractivity contribution in [2.24, 2.45) is 0 Å². The Morgan fingerprint density at radius 1 is 1.26 bits per heavy atom. The van der Waals surface area contributed by atoms with E-state index in [9.17, 15) is 9.59 Å². The maximum absolute atomic E-state index is 11.4. The van der Waals surface area contributed by atoms with Crippen LogP contribution in [-0.4, -0.2) is 22.4 Å².